The number of carbonyl (C=O) groups is 1. The van der Waals surface area contributed by atoms with Crippen molar-refractivity contribution in [1.82, 2.24) is 15.3 Å². The molecule has 5 nitrogen and oxygen atoms in total. The second kappa shape index (κ2) is 7.37. The zero-order valence-corrected chi connectivity index (χ0v) is 13.3. The van der Waals surface area contributed by atoms with Gasteiger partial charge in [0.15, 0.2) is 0 Å². The topological polar surface area (TPSA) is 64.1 Å². The lowest BCUT2D eigenvalue weighted by Gasteiger charge is -2.07. The molecule has 120 valence electrons. The summed E-state index contributed by atoms with van der Waals surface area (Å²) in [6.45, 7) is 0.449. The van der Waals surface area contributed by atoms with Crippen LogP contribution in [0.5, 0.6) is 5.75 Å². The molecule has 0 spiro atoms. The van der Waals surface area contributed by atoms with Gasteiger partial charge in [0.2, 0.25) is 0 Å². The Balaban J connectivity index is 1.62. The van der Waals surface area contributed by atoms with Crippen LogP contribution in [0, 0.1) is 0 Å². The van der Waals surface area contributed by atoms with Gasteiger partial charge in [-0.25, -0.2) is 0 Å². The number of hydrogen-bond donors (Lipinski definition) is 1. The van der Waals surface area contributed by atoms with Crippen LogP contribution >= 0.6 is 0 Å². The van der Waals surface area contributed by atoms with Gasteiger partial charge in [-0.2, -0.15) is 0 Å². The van der Waals surface area contributed by atoms with Gasteiger partial charge in [-0.05, 0) is 42.0 Å². The molecule has 0 aliphatic heterocycles. The minimum atomic E-state index is -0.161. The molecule has 0 atom stereocenters. The molecule has 0 aliphatic rings. The molecule has 0 fully saturated rings. The Morgan fingerprint density at radius 2 is 1.79 bits per heavy atom. The average molecular weight is 319 g/mol. The number of methoxy groups -OCH3 is 1. The van der Waals surface area contributed by atoms with Crippen LogP contribution in [0.25, 0.3) is 11.4 Å². The lowest BCUT2D eigenvalue weighted by atomic mass is 10.2. The number of hydrogen-bond acceptors (Lipinski definition) is 4. The van der Waals surface area contributed by atoms with Crippen molar-refractivity contribution in [2.75, 3.05) is 7.11 Å². The van der Waals surface area contributed by atoms with E-state index in [0.29, 0.717) is 12.1 Å². The lowest BCUT2D eigenvalue weighted by molar-refractivity contribution is 0.0950. The maximum atomic E-state index is 12.2. The first-order valence-corrected chi connectivity index (χ1v) is 7.55. The van der Waals surface area contributed by atoms with Gasteiger partial charge in [-0.15, -0.1) is 0 Å². The Hall–Kier alpha value is -3.21. The predicted molar refractivity (Wildman–Crippen MR) is 91.6 cm³/mol. The molecular weight excluding hydrogens is 302 g/mol. The molecule has 2 heterocycles. The maximum Gasteiger partial charge on any atom is 0.253 e. The van der Waals surface area contributed by atoms with E-state index >= 15 is 0 Å². The Labute approximate surface area is 140 Å². The molecule has 3 rings (SSSR count). The minimum Gasteiger partial charge on any atom is -0.497 e. The minimum absolute atomic E-state index is 0.161. The highest BCUT2D eigenvalue weighted by Gasteiger charge is 2.07. The molecule has 3 aromatic rings. The van der Waals surface area contributed by atoms with Crippen molar-refractivity contribution in [2.45, 2.75) is 6.54 Å². The molecule has 0 aliphatic carbocycles. The number of carbonyl (C=O) groups excluding carboxylic acids is 1. The van der Waals surface area contributed by atoms with Crippen molar-refractivity contribution in [3.05, 3.63) is 78.1 Å². The molecule has 0 saturated carbocycles. The van der Waals surface area contributed by atoms with Gasteiger partial charge in [0, 0.05) is 18.9 Å². The molecule has 1 N–H and O–H groups in total. The smallest absolute Gasteiger partial charge is 0.253 e. The van der Waals surface area contributed by atoms with E-state index < -0.39 is 0 Å². The molecule has 0 unspecified atom stereocenters. The molecule has 0 radical (unpaired) electrons. The summed E-state index contributed by atoms with van der Waals surface area (Å²) < 4.78 is 5.11. The molecule has 2 aromatic heterocycles. The second-order valence-electron chi connectivity index (χ2n) is 5.18. The van der Waals surface area contributed by atoms with Crippen LogP contribution in [0.3, 0.4) is 0 Å². The summed E-state index contributed by atoms with van der Waals surface area (Å²) in [7, 11) is 1.62. The summed E-state index contributed by atoms with van der Waals surface area (Å²) in [6.07, 6.45) is 3.28. The third kappa shape index (κ3) is 3.76. The SMILES string of the molecule is COc1ccc(CNC(=O)c2ccc(-c3ccccn3)nc2)cc1. The van der Waals surface area contributed by atoms with E-state index in [1.165, 1.54) is 0 Å². The zero-order chi connectivity index (χ0) is 16.8. The summed E-state index contributed by atoms with van der Waals surface area (Å²) in [5.74, 6) is 0.630. The third-order valence-corrected chi connectivity index (χ3v) is 3.57. The molecule has 24 heavy (non-hydrogen) atoms. The van der Waals surface area contributed by atoms with Crippen LogP contribution in [0.15, 0.2) is 67.0 Å². The summed E-state index contributed by atoms with van der Waals surface area (Å²) in [5, 5.41) is 2.88. The number of nitrogens with one attached hydrogen (secondary N) is 1. The Bertz CT molecular complexity index is 800. The van der Waals surface area contributed by atoms with Crippen LogP contribution in [0.2, 0.25) is 0 Å². The molecular formula is C19H17N3O2. The van der Waals surface area contributed by atoms with Crippen LogP contribution in [-0.2, 0) is 6.54 Å². The van der Waals surface area contributed by atoms with E-state index in [4.69, 9.17) is 4.74 Å². The van der Waals surface area contributed by atoms with Gasteiger partial charge in [0.05, 0.1) is 24.1 Å². The zero-order valence-electron chi connectivity index (χ0n) is 13.3. The van der Waals surface area contributed by atoms with Crippen LogP contribution < -0.4 is 10.1 Å². The molecule has 1 aromatic carbocycles. The first-order chi connectivity index (χ1) is 11.8. The fourth-order valence-electron chi connectivity index (χ4n) is 2.22. The largest absolute Gasteiger partial charge is 0.497 e. The van der Waals surface area contributed by atoms with Crippen molar-refractivity contribution in [1.29, 1.82) is 0 Å². The van der Waals surface area contributed by atoms with Gasteiger partial charge in [-0.3, -0.25) is 14.8 Å². The standard InChI is InChI=1S/C19H17N3O2/c1-24-16-8-5-14(6-9-16)12-22-19(23)15-7-10-18(21-13-15)17-4-2-3-11-20-17/h2-11,13H,12H2,1H3,(H,22,23). The fraction of sp³-hybridized carbons (Fsp3) is 0.105. The molecule has 0 saturated heterocycles. The number of amides is 1. The van der Waals surface area contributed by atoms with E-state index in [9.17, 15) is 4.79 Å². The normalized spacial score (nSPS) is 10.2. The van der Waals surface area contributed by atoms with Crippen LogP contribution in [0.1, 0.15) is 15.9 Å². The predicted octanol–water partition coefficient (Wildman–Crippen LogP) is 3.08. The van der Waals surface area contributed by atoms with E-state index in [1.54, 1.807) is 31.6 Å². The summed E-state index contributed by atoms with van der Waals surface area (Å²) in [5.41, 5.74) is 3.04. The Morgan fingerprint density at radius 1 is 1.00 bits per heavy atom. The molecule has 1 amide bonds. The first kappa shape index (κ1) is 15.7. The molecule has 0 bridgehead atoms. The van der Waals surface area contributed by atoms with E-state index in [0.717, 1.165) is 22.7 Å². The summed E-state index contributed by atoms with van der Waals surface area (Å²) in [6, 6.07) is 16.7. The van der Waals surface area contributed by atoms with Gasteiger partial charge in [-0.1, -0.05) is 18.2 Å². The van der Waals surface area contributed by atoms with Gasteiger partial charge >= 0.3 is 0 Å². The molecule has 5 heteroatoms. The van der Waals surface area contributed by atoms with Crippen molar-refractivity contribution in [3.63, 3.8) is 0 Å². The number of rotatable bonds is 5. The average Bonchev–Trinajstić information content (AvgIpc) is 2.67. The fourth-order valence-corrected chi connectivity index (χ4v) is 2.22. The third-order valence-electron chi connectivity index (χ3n) is 3.57. The van der Waals surface area contributed by atoms with Gasteiger partial charge < -0.3 is 10.1 Å². The second-order valence-corrected chi connectivity index (χ2v) is 5.18. The van der Waals surface area contributed by atoms with Crippen LogP contribution in [-0.4, -0.2) is 23.0 Å². The van der Waals surface area contributed by atoms with Crippen LogP contribution in [0.4, 0.5) is 0 Å². The highest BCUT2D eigenvalue weighted by Crippen LogP contribution is 2.14. The maximum absolute atomic E-state index is 12.2. The van der Waals surface area contributed by atoms with Crippen molar-refractivity contribution >= 4 is 5.91 Å². The van der Waals surface area contributed by atoms with Crippen molar-refractivity contribution in [2.24, 2.45) is 0 Å². The Morgan fingerprint density at radius 3 is 2.42 bits per heavy atom. The number of aromatic nitrogens is 2. The summed E-state index contributed by atoms with van der Waals surface area (Å²) >= 11 is 0. The van der Waals surface area contributed by atoms with E-state index in [2.05, 4.69) is 15.3 Å². The van der Waals surface area contributed by atoms with E-state index in [-0.39, 0.29) is 5.91 Å². The summed E-state index contributed by atoms with van der Waals surface area (Å²) in [4.78, 5) is 20.7. The first-order valence-electron chi connectivity index (χ1n) is 7.55. The van der Waals surface area contributed by atoms with Crippen molar-refractivity contribution in [3.8, 4) is 17.1 Å². The van der Waals surface area contributed by atoms with Gasteiger partial charge in [0.25, 0.3) is 5.91 Å². The quantitative estimate of drug-likeness (QED) is 0.785. The van der Waals surface area contributed by atoms with E-state index in [1.807, 2.05) is 42.5 Å². The number of benzene rings is 1. The highest BCUT2D eigenvalue weighted by atomic mass is 16.5. The monoisotopic (exact) mass is 319 g/mol. The number of pyridine rings is 2. The number of nitrogens with zero attached hydrogens (tertiary/aromatic N) is 2. The Kier molecular flexibility index (Phi) is 4.81. The number of ether oxygens (including phenoxy) is 1. The van der Waals surface area contributed by atoms with Gasteiger partial charge in [0.1, 0.15) is 5.75 Å². The lowest BCUT2D eigenvalue weighted by Crippen LogP contribution is -2.22. The highest BCUT2D eigenvalue weighted by molar-refractivity contribution is 5.94. The van der Waals surface area contributed by atoms with Crippen molar-refractivity contribution < 1.29 is 9.53 Å².